The number of hydrogen-bond donors (Lipinski definition) is 2. The third kappa shape index (κ3) is 1.92. The molecule has 3 fully saturated rings. The summed E-state index contributed by atoms with van der Waals surface area (Å²) in [6, 6.07) is 0. The molecule has 4 aliphatic carbocycles. The number of rotatable bonds is 1. The van der Waals surface area contributed by atoms with Crippen LogP contribution in [-0.4, -0.2) is 22.9 Å². The molecule has 4 rings (SSSR count). The molecule has 0 spiro atoms. The van der Waals surface area contributed by atoms with Crippen molar-refractivity contribution >= 4 is 0 Å². The molecule has 0 aliphatic heterocycles. The van der Waals surface area contributed by atoms with Gasteiger partial charge in [0.25, 0.3) is 0 Å². The first-order valence-electron chi connectivity index (χ1n) is 9.47. The Morgan fingerprint density at radius 1 is 1.09 bits per heavy atom. The molecule has 0 amide bonds. The maximum atomic E-state index is 10.0. The van der Waals surface area contributed by atoms with Crippen molar-refractivity contribution in [2.45, 2.75) is 71.3 Å². The van der Waals surface area contributed by atoms with E-state index in [0.717, 1.165) is 30.6 Å². The lowest BCUT2D eigenvalue weighted by molar-refractivity contribution is -0.0562. The van der Waals surface area contributed by atoms with Crippen LogP contribution in [0.5, 0.6) is 0 Å². The Hall–Kier alpha value is -0.340. The average molecular weight is 304 g/mol. The average Bonchev–Trinajstić information content (AvgIpc) is 2.84. The Kier molecular flexibility index (Phi) is 3.51. The highest BCUT2D eigenvalue weighted by atomic mass is 16.3. The second kappa shape index (κ2) is 5.08. The summed E-state index contributed by atoms with van der Waals surface area (Å²) >= 11 is 0. The molecule has 4 aliphatic rings. The molecule has 0 aromatic carbocycles. The second-order valence-electron chi connectivity index (χ2n) is 9.16. The van der Waals surface area contributed by atoms with Gasteiger partial charge in [-0.25, -0.2) is 0 Å². The minimum absolute atomic E-state index is 0.102. The van der Waals surface area contributed by atoms with Gasteiger partial charge in [0.1, 0.15) is 0 Å². The van der Waals surface area contributed by atoms with Gasteiger partial charge in [0.15, 0.2) is 0 Å². The zero-order valence-corrected chi connectivity index (χ0v) is 14.2. The van der Waals surface area contributed by atoms with Gasteiger partial charge in [-0.2, -0.15) is 0 Å². The van der Waals surface area contributed by atoms with E-state index < -0.39 is 0 Å². The normalized spacial score (nSPS) is 54.2. The van der Waals surface area contributed by atoms with E-state index in [1.54, 1.807) is 5.57 Å². The van der Waals surface area contributed by atoms with E-state index in [4.69, 9.17) is 0 Å². The van der Waals surface area contributed by atoms with E-state index in [9.17, 15) is 10.2 Å². The van der Waals surface area contributed by atoms with Gasteiger partial charge in [-0.3, -0.25) is 0 Å². The van der Waals surface area contributed by atoms with E-state index in [0.29, 0.717) is 23.4 Å². The molecule has 0 aromatic heterocycles. The van der Waals surface area contributed by atoms with Gasteiger partial charge in [0.2, 0.25) is 0 Å². The second-order valence-corrected chi connectivity index (χ2v) is 9.16. The van der Waals surface area contributed by atoms with E-state index >= 15 is 0 Å². The van der Waals surface area contributed by atoms with Crippen molar-refractivity contribution in [1.29, 1.82) is 0 Å². The van der Waals surface area contributed by atoms with E-state index in [1.165, 1.54) is 38.5 Å². The fourth-order valence-corrected chi connectivity index (χ4v) is 7.05. The van der Waals surface area contributed by atoms with Crippen molar-refractivity contribution in [3.8, 4) is 0 Å². The molecule has 0 heterocycles. The van der Waals surface area contributed by atoms with Crippen molar-refractivity contribution in [3.05, 3.63) is 11.6 Å². The Labute approximate surface area is 135 Å². The molecule has 2 N–H and O–H groups in total. The maximum Gasteiger partial charge on any atom is 0.0577 e. The maximum absolute atomic E-state index is 10.0. The molecular formula is C20H32O2. The highest BCUT2D eigenvalue weighted by Gasteiger charge is 2.58. The molecule has 6 unspecified atom stereocenters. The van der Waals surface area contributed by atoms with Gasteiger partial charge in [-0.05, 0) is 85.9 Å². The van der Waals surface area contributed by atoms with Crippen LogP contribution >= 0.6 is 0 Å². The summed E-state index contributed by atoms with van der Waals surface area (Å²) in [7, 11) is 0. The molecule has 0 bridgehead atoms. The molecule has 124 valence electrons. The molecule has 0 radical (unpaired) electrons. The Morgan fingerprint density at radius 2 is 1.91 bits per heavy atom. The smallest absolute Gasteiger partial charge is 0.0577 e. The van der Waals surface area contributed by atoms with Gasteiger partial charge < -0.3 is 10.2 Å². The molecule has 0 saturated heterocycles. The molecule has 3 saturated carbocycles. The van der Waals surface area contributed by atoms with Crippen molar-refractivity contribution < 1.29 is 10.2 Å². The Morgan fingerprint density at radius 3 is 2.68 bits per heavy atom. The summed E-state index contributed by atoms with van der Waals surface area (Å²) in [4.78, 5) is 0. The molecule has 0 aromatic rings. The van der Waals surface area contributed by atoms with Crippen LogP contribution in [0.25, 0.3) is 0 Å². The van der Waals surface area contributed by atoms with Crippen LogP contribution in [0.4, 0.5) is 0 Å². The van der Waals surface area contributed by atoms with Gasteiger partial charge in [0, 0.05) is 6.61 Å². The fraction of sp³-hybridized carbons (Fsp3) is 0.900. The highest BCUT2D eigenvalue weighted by Crippen LogP contribution is 2.66. The van der Waals surface area contributed by atoms with Crippen LogP contribution in [0, 0.1) is 34.5 Å². The first kappa shape index (κ1) is 15.2. The zero-order valence-electron chi connectivity index (χ0n) is 14.2. The predicted octanol–water partition coefficient (Wildman–Crippen LogP) is 3.92. The van der Waals surface area contributed by atoms with Gasteiger partial charge in [-0.1, -0.05) is 25.5 Å². The van der Waals surface area contributed by atoms with Crippen LogP contribution in [0.2, 0.25) is 0 Å². The monoisotopic (exact) mass is 304 g/mol. The van der Waals surface area contributed by atoms with E-state index in [-0.39, 0.29) is 6.10 Å². The lowest BCUT2D eigenvalue weighted by atomic mass is 9.47. The van der Waals surface area contributed by atoms with E-state index in [2.05, 4.69) is 19.9 Å². The summed E-state index contributed by atoms with van der Waals surface area (Å²) in [5.41, 5.74) is 2.29. The Balaban J connectivity index is 1.66. The topological polar surface area (TPSA) is 40.5 Å². The first-order chi connectivity index (χ1) is 10.5. The minimum atomic E-state index is -0.102. The van der Waals surface area contributed by atoms with Crippen molar-refractivity contribution in [3.63, 3.8) is 0 Å². The van der Waals surface area contributed by atoms with Crippen molar-refractivity contribution in [2.24, 2.45) is 34.5 Å². The number of aliphatic hydroxyl groups is 2. The van der Waals surface area contributed by atoms with Crippen LogP contribution in [-0.2, 0) is 0 Å². The van der Waals surface area contributed by atoms with Gasteiger partial charge in [-0.15, -0.1) is 0 Å². The summed E-state index contributed by atoms with van der Waals surface area (Å²) in [5.74, 6) is 2.98. The molecule has 2 heteroatoms. The summed E-state index contributed by atoms with van der Waals surface area (Å²) in [6.45, 7) is 5.34. The van der Waals surface area contributed by atoms with Crippen LogP contribution in [0.3, 0.4) is 0 Å². The summed E-state index contributed by atoms with van der Waals surface area (Å²) in [6.07, 6.45) is 11.9. The van der Waals surface area contributed by atoms with E-state index in [1.807, 2.05) is 0 Å². The van der Waals surface area contributed by atoms with Crippen LogP contribution in [0.15, 0.2) is 11.6 Å². The van der Waals surface area contributed by atoms with Crippen LogP contribution < -0.4 is 0 Å². The fourth-order valence-electron chi connectivity index (χ4n) is 7.05. The number of hydrogen-bond acceptors (Lipinski definition) is 2. The number of aliphatic hydroxyl groups excluding tert-OH is 2. The summed E-state index contributed by atoms with van der Waals surface area (Å²) < 4.78 is 0. The van der Waals surface area contributed by atoms with Crippen molar-refractivity contribution in [2.75, 3.05) is 6.61 Å². The lowest BCUT2D eigenvalue weighted by Crippen LogP contribution is -2.50. The number of fused-ring (bicyclic) bond motifs is 5. The largest absolute Gasteiger partial charge is 0.396 e. The van der Waals surface area contributed by atoms with Gasteiger partial charge >= 0.3 is 0 Å². The van der Waals surface area contributed by atoms with Crippen molar-refractivity contribution in [1.82, 2.24) is 0 Å². The SMILES string of the molecule is CC12CC[C@H](O)CC1=CCC1C2CCC2(C)C(CO)CCC12. The highest BCUT2D eigenvalue weighted by molar-refractivity contribution is 5.25. The predicted molar refractivity (Wildman–Crippen MR) is 88.3 cm³/mol. The quantitative estimate of drug-likeness (QED) is 0.721. The molecular weight excluding hydrogens is 272 g/mol. The number of allylic oxidation sites excluding steroid dienone is 1. The Bertz CT molecular complexity index is 484. The van der Waals surface area contributed by atoms with Gasteiger partial charge in [0.05, 0.1) is 6.10 Å². The van der Waals surface area contributed by atoms with Crippen LogP contribution in [0.1, 0.15) is 65.2 Å². The summed E-state index contributed by atoms with van der Waals surface area (Å²) in [5, 5.41) is 19.8. The standard InChI is InChI=1S/C20H32O2/c1-19-9-7-15(22)11-13(19)3-5-16-17-6-4-14(12-21)20(17,2)10-8-18(16)19/h3,14-18,21-22H,4-12H2,1-2H3/t14?,15-,16?,17?,18?,19?,20?/m0/s1. The lowest BCUT2D eigenvalue weighted by Gasteiger charge is -2.58. The third-order valence-electron chi connectivity index (χ3n) is 8.49. The minimum Gasteiger partial charge on any atom is -0.396 e. The third-order valence-corrected chi connectivity index (χ3v) is 8.49. The molecule has 7 atom stereocenters. The molecule has 22 heavy (non-hydrogen) atoms. The first-order valence-corrected chi connectivity index (χ1v) is 9.47. The zero-order chi connectivity index (χ0) is 15.5. The molecule has 2 nitrogen and oxygen atoms in total.